The van der Waals surface area contributed by atoms with Gasteiger partial charge in [-0.3, -0.25) is 4.79 Å². The van der Waals surface area contributed by atoms with Crippen LogP contribution in [0.3, 0.4) is 0 Å². The van der Waals surface area contributed by atoms with Gasteiger partial charge in [-0.1, -0.05) is 0 Å². The molecule has 1 unspecified atom stereocenters. The van der Waals surface area contributed by atoms with Crippen molar-refractivity contribution in [2.24, 2.45) is 5.73 Å². The largest absolute Gasteiger partial charge is 0.338 e. The Morgan fingerprint density at radius 2 is 1.82 bits per heavy atom. The first-order valence-corrected chi connectivity index (χ1v) is 5.00. The van der Waals surface area contributed by atoms with Gasteiger partial charge in [-0.2, -0.15) is 0 Å². The van der Waals surface area contributed by atoms with Gasteiger partial charge in [0.25, 0.3) is 5.91 Å². The van der Waals surface area contributed by atoms with Crippen LogP contribution in [0.1, 0.15) is 17.3 Å². The van der Waals surface area contributed by atoms with E-state index in [0.717, 1.165) is 4.90 Å². The molecule has 0 saturated heterocycles. The van der Waals surface area contributed by atoms with Crippen LogP contribution in [0, 0.1) is 17.5 Å². The minimum absolute atomic E-state index is 0.159. The molecule has 3 nitrogen and oxygen atoms in total. The second-order valence-corrected chi connectivity index (χ2v) is 3.75. The molecule has 0 radical (unpaired) electrons. The number of carbonyl (C=O) groups is 1. The van der Waals surface area contributed by atoms with Gasteiger partial charge in [0.15, 0.2) is 0 Å². The van der Waals surface area contributed by atoms with E-state index in [-0.39, 0.29) is 12.6 Å². The Labute approximate surface area is 97.0 Å². The van der Waals surface area contributed by atoms with Crippen molar-refractivity contribution >= 4 is 5.91 Å². The van der Waals surface area contributed by atoms with Crippen molar-refractivity contribution in [2.45, 2.75) is 13.0 Å². The summed E-state index contributed by atoms with van der Waals surface area (Å²) in [6, 6.07) is 0.570. The zero-order valence-electron chi connectivity index (χ0n) is 9.51. The van der Waals surface area contributed by atoms with E-state index < -0.39 is 28.9 Å². The summed E-state index contributed by atoms with van der Waals surface area (Å²) in [4.78, 5) is 12.9. The molecule has 1 aromatic carbocycles. The molecule has 1 aromatic rings. The Bertz CT molecular complexity index is 414. The van der Waals surface area contributed by atoms with Crippen molar-refractivity contribution in [3.8, 4) is 0 Å². The molecule has 2 N–H and O–H groups in total. The molecular weight excluding hydrogens is 233 g/mol. The van der Waals surface area contributed by atoms with Crippen LogP contribution in [0.15, 0.2) is 12.1 Å². The number of carbonyl (C=O) groups excluding carboxylic acids is 1. The molecular formula is C11H13F3N2O. The van der Waals surface area contributed by atoms with Gasteiger partial charge in [-0.25, -0.2) is 13.2 Å². The first-order valence-electron chi connectivity index (χ1n) is 5.00. The first-order chi connectivity index (χ1) is 7.88. The maximum Gasteiger partial charge on any atom is 0.259 e. The van der Waals surface area contributed by atoms with E-state index in [1.165, 1.54) is 7.05 Å². The average molecular weight is 246 g/mol. The maximum absolute atomic E-state index is 13.3. The Balaban J connectivity index is 3.13. The Kier molecular flexibility index (Phi) is 4.11. The monoisotopic (exact) mass is 246 g/mol. The number of nitrogens with two attached hydrogens (primary N) is 1. The van der Waals surface area contributed by atoms with Gasteiger partial charge in [-0.05, 0) is 6.92 Å². The van der Waals surface area contributed by atoms with Gasteiger partial charge in [0.05, 0.1) is 0 Å². The molecule has 0 fully saturated rings. The zero-order chi connectivity index (χ0) is 13.2. The fourth-order valence-corrected chi connectivity index (χ4v) is 1.28. The zero-order valence-corrected chi connectivity index (χ0v) is 9.51. The number of nitrogens with zero attached hydrogens (tertiary/aromatic N) is 1. The van der Waals surface area contributed by atoms with Crippen LogP contribution in [0.2, 0.25) is 0 Å². The normalized spacial score (nSPS) is 12.4. The summed E-state index contributed by atoms with van der Waals surface area (Å²) < 4.78 is 39.3. The Morgan fingerprint density at radius 1 is 1.35 bits per heavy atom. The summed E-state index contributed by atoms with van der Waals surface area (Å²) in [7, 11) is 1.38. The van der Waals surface area contributed by atoms with Crippen LogP contribution < -0.4 is 5.73 Å². The minimum Gasteiger partial charge on any atom is -0.338 e. The van der Waals surface area contributed by atoms with Crippen LogP contribution in [-0.2, 0) is 0 Å². The van der Waals surface area contributed by atoms with Crippen LogP contribution >= 0.6 is 0 Å². The maximum atomic E-state index is 13.3. The number of amides is 1. The van der Waals surface area contributed by atoms with Gasteiger partial charge in [-0.15, -0.1) is 0 Å². The second kappa shape index (κ2) is 5.18. The number of hydrogen-bond acceptors (Lipinski definition) is 2. The van der Waals surface area contributed by atoms with E-state index in [2.05, 4.69) is 0 Å². The van der Waals surface area contributed by atoms with E-state index in [4.69, 9.17) is 5.73 Å². The topological polar surface area (TPSA) is 46.3 Å². The third-order valence-corrected chi connectivity index (χ3v) is 2.54. The Morgan fingerprint density at radius 3 is 2.24 bits per heavy atom. The highest BCUT2D eigenvalue weighted by atomic mass is 19.1. The molecule has 0 aliphatic rings. The van der Waals surface area contributed by atoms with E-state index in [9.17, 15) is 18.0 Å². The van der Waals surface area contributed by atoms with Crippen LogP contribution in [0.5, 0.6) is 0 Å². The Hall–Kier alpha value is -1.56. The summed E-state index contributed by atoms with van der Waals surface area (Å²) in [5, 5.41) is 0. The molecule has 0 spiro atoms. The molecule has 0 heterocycles. The van der Waals surface area contributed by atoms with Gasteiger partial charge in [0.1, 0.15) is 23.0 Å². The number of likely N-dealkylation sites (N-methyl/N-ethyl adjacent to an activating group) is 1. The molecule has 0 aromatic heterocycles. The number of halogens is 3. The summed E-state index contributed by atoms with van der Waals surface area (Å²) in [6.45, 7) is 1.80. The van der Waals surface area contributed by atoms with Crippen LogP contribution in [0.25, 0.3) is 0 Å². The van der Waals surface area contributed by atoms with Crippen LogP contribution in [-0.4, -0.2) is 30.4 Å². The molecule has 1 atom stereocenters. The molecule has 1 amide bonds. The molecule has 94 valence electrons. The van der Waals surface area contributed by atoms with Crippen molar-refractivity contribution in [1.29, 1.82) is 0 Å². The van der Waals surface area contributed by atoms with E-state index in [0.29, 0.717) is 12.1 Å². The van der Waals surface area contributed by atoms with E-state index in [1.54, 1.807) is 6.92 Å². The minimum atomic E-state index is -1.22. The van der Waals surface area contributed by atoms with E-state index in [1.807, 2.05) is 0 Å². The molecule has 0 aliphatic heterocycles. The highest BCUT2D eigenvalue weighted by Gasteiger charge is 2.24. The predicted molar refractivity (Wildman–Crippen MR) is 56.9 cm³/mol. The quantitative estimate of drug-likeness (QED) is 0.879. The van der Waals surface area contributed by atoms with Crippen molar-refractivity contribution in [3.05, 3.63) is 35.1 Å². The highest BCUT2D eigenvalue weighted by molar-refractivity contribution is 5.94. The summed E-state index contributed by atoms with van der Waals surface area (Å²) >= 11 is 0. The second-order valence-electron chi connectivity index (χ2n) is 3.75. The van der Waals surface area contributed by atoms with Crippen molar-refractivity contribution in [3.63, 3.8) is 0 Å². The van der Waals surface area contributed by atoms with Crippen molar-refractivity contribution in [1.82, 2.24) is 4.90 Å². The summed E-state index contributed by atoms with van der Waals surface area (Å²) in [5.41, 5.74) is 4.58. The van der Waals surface area contributed by atoms with Gasteiger partial charge in [0, 0.05) is 31.8 Å². The third-order valence-electron chi connectivity index (χ3n) is 2.54. The third kappa shape index (κ3) is 2.76. The fraction of sp³-hybridized carbons (Fsp3) is 0.364. The number of hydrogen-bond donors (Lipinski definition) is 1. The molecule has 0 aliphatic carbocycles. The lowest BCUT2D eigenvalue weighted by Gasteiger charge is -2.24. The lowest BCUT2D eigenvalue weighted by molar-refractivity contribution is 0.0738. The van der Waals surface area contributed by atoms with Gasteiger partial charge < -0.3 is 10.6 Å². The van der Waals surface area contributed by atoms with Gasteiger partial charge in [0.2, 0.25) is 0 Å². The predicted octanol–water partition coefficient (Wildman–Crippen LogP) is 1.52. The lowest BCUT2D eigenvalue weighted by atomic mass is 10.1. The van der Waals surface area contributed by atoms with Crippen molar-refractivity contribution < 1.29 is 18.0 Å². The first kappa shape index (κ1) is 13.5. The van der Waals surface area contributed by atoms with Crippen molar-refractivity contribution in [2.75, 3.05) is 13.6 Å². The fourth-order valence-electron chi connectivity index (χ4n) is 1.28. The number of benzene rings is 1. The highest BCUT2D eigenvalue weighted by Crippen LogP contribution is 2.17. The molecule has 1 rings (SSSR count). The number of rotatable bonds is 3. The smallest absolute Gasteiger partial charge is 0.259 e. The standard InChI is InChI=1S/C11H13F3N2O/c1-6(5-15)16(2)11(17)10-8(13)3-7(12)4-9(10)14/h3-4,6H,5,15H2,1-2H3. The molecule has 0 bridgehead atoms. The molecule has 6 heteroatoms. The summed E-state index contributed by atoms with van der Waals surface area (Å²) in [5.74, 6) is -4.36. The lowest BCUT2D eigenvalue weighted by Crippen LogP contribution is -2.40. The average Bonchev–Trinajstić information content (AvgIpc) is 2.25. The summed E-state index contributed by atoms with van der Waals surface area (Å²) in [6.07, 6.45) is 0. The van der Waals surface area contributed by atoms with Crippen LogP contribution in [0.4, 0.5) is 13.2 Å². The van der Waals surface area contributed by atoms with Gasteiger partial charge >= 0.3 is 0 Å². The SMILES string of the molecule is CC(CN)N(C)C(=O)c1c(F)cc(F)cc1F. The van der Waals surface area contributed by atoms with E-state index >= 15 is 0 Å². The molecule has 0 saturated carbocycles. The molecule has 17 heavy (non-hydrogen) atoms.